The SMILES string of the molecule is O=C(NCC1(CO)CC1)c1csc(-c2ccccc2)n1. The fourth-order valence-electron chi connectivity index (χ4n) is 2.02. The lowest BCUT2D eigenvalue weighted by Gasteiger charge is -2.11. The van der Waals surface area contributed by atoms with Crippen molar-refractivity contribution in [1.29, 1.82) is 0 Å². The first-order valence-electron chi connectivity index (χ1n) is 6.62. The zero-order valence-corrected chi connectivity index (χ0v) is 11.8. The van der Waals surface area contributed by atoms with Crippen LogP contribution in [0.5, 0.6) is 0 Å². The fraction of sp³-hybridized carbons (Fsp3) is 0.333. The first kappa shape index (κ1) is 13.3. The molecule has 1 amide bonds. The quantitative estimate of drug-likeness (QED) is 0.887. The predicted octanol–water partition coefficient (Wildman–Crippen LogP) is 2.31. The van der Waals surface area contributed by atoms with Gasteiger partial charge in [-0.1, -0.05) is 30.3 Å². The van der Waals surface area contributed by atoms with E-state index in [0.29, 0.717) is 12.2 Å². The molecule has 1 aliphatic rings. The van der Waals surface area contributed by atoms with E-state index in [1.165, 1.54) is 11.3 Å². The largest absolute Gasteiger partial charge is 0.396 e. The van der Waals surface area contributed by atoms with Gasteiger partial charge in [0, 0.05) is 22.9 Å². The highest BCUT2D eigenvalue weighted by Crippen LogP contribution is 2.44. The van der Waals surface area contributed by atoms with Gasteiger partial charge >= 0.3 is 0 Å². The van der Waals surface area contributed by atoms with Gasteiger partial charge in [-0.25, -0.2) is 4.98 Å². The summed E-state index contributed by atoms with van der Waals surface area (Å²) < 4.78 is 0. The third-order valence-corrected chi connectivity index (χ3v) is 4.57. The Morgan fingerprint density at radius 2 is 2.10 bits per heavy atom. The third-order valence-electron chi connectivity index (χ3n) is 3.67. The van der Waals surface area contributed by atoms with E-state index in [-0.39, 0.29) is 17.9 Å². The Bertz CT molecular complexity index is 605. The molecule has 0 atom stereocenters. The van der Waals surface area contributed by atoms with Gasteiger partial charge in [0.15, 0.2) is 0 Å². The smallest absolute Gasteiger partial charge is 0.270 e. The van der Waals surface area contributed by atoms with Crippen molar-refractivity contribution in [3.05, 3.63) is 41.4 Å². The molecule has 0 unspecified atom stereocenters. The number of amides is 1. The Balaban J connectivity index is 1.66. The summed E-state index contributed by atoms with van der Waals surface area (Å²) in [6.45, 7) is 0.667. The minimum atomic E-state index is -0.164. The number of nitrogens with one attached hydrogen (secondary N) is 1. The van der Waals surface area contributed by atoms with Crippen LogP contribution in [-0.4, -0.2) is 29.1 Å². The maximum atomic E-state index is 12.0. The topological polar surface area (TPSA) is 62.2 Å². The molecule has 4 nitrogen and oxygen atoms in total. The summed E-state index contributed by atoms with van der Waals surface area (Å²) >= 11 is 1.46. The summed E-state index contributed by atoms with van der Waals surface area (Å²) in [5.74, 6) is -0.164. The lowest BCUT2D eigenvalue weighted by Crippen LogP contribution is -2.32. The van der Waals surface area contributed by atoms with Gasteiger partial charge in [-0.3, -0.25) is 4.79 Å². The highest BCUT2D eigenvalue weighted by atomic mass is 32.1. The van der Waals surface area contributed by atoms with E-state index in [1.54, 1.807) is 5.38 Å². The maximum Gasteiger partial charge on any atom is 0.270 e. The standard InChI is InChI=1S/C15H16N2O2S/c18-10-15(6-7-15)9-16-13(19)12-8-20-14(17-12)11-4-2-1-3-5-11/h1-5,8,18H,6-7,9-10H2,(H,16,19). The number of aromatic nitrogens is 1. The Hall–Kier alpha value is -1.72. The molecule has 5 heteroatoms. The number of hydrogen-bond acceptors (Lipinski definition) is 4. The zero-order valence-electron chi connectivity index (χ0n) is 11.0. The monoisotopic (exact) mass is 288 g/mol. The van der Waals surface area contributed by atoms with Crippen LogP contribution in [0.1, 0.15) is 23.3 Å². The zero-order chi connectivity index (χ0) is 14.0. The van der Waals surface area contributed by atoms with E-state index in [4.69, 9.17) is 0 Å². The molecular weight excluding hydrogens is 272 g/mol. The molecule has 2 N–H and O–H groups in total. The van der Waals surface area contributed by atoms with Crippen LogP contribution in [0.15, 0.2) is 35.7 Å². The molecule has 20 heavy (non-hydrogen) atoms. The van der Waals surface area contributed by atoms with Crippen LogP contribution >= 0.6 is 11.3 Å². The number of rotatable bonds is 5. The van der Waals surface area contributed by atoms with E-state index < -0.39 is 0 Å². The number of nitrogens with zero attached hydrogens (tertiary/aromatic N) is 1. The Morgan fingerprint density at radius 1 is 1.35 bits per heavy atom. The van der Waals surface area contributed by atoms with Crippen molar-refractivity contribution in [1.82, 2.24) is 10.3 Å². The van der Waals surface area contributed by atoms with Gasteiger partial charge in [-0.05, 0) is 12.8 Å². The molecule has 104 valence electrons. The van der Waals surface area contributed by atoms with E-state index in [0.717, 1.165) is 23.4 Å². The van der Waals surface area contributed by atoms with E-state index in [2.05, 4.69) is 10.3 Å². The lowest BCUT2D eigenvalue weighted by atomic mass is 10.1. The average molecular weight is 288 g/mol. The summed E-state index contributed by atoms with van der Waals surface area (Å²) in [5.41, 5.74) is 1.39. The van der Waals surface area contributed by atoms with E-state index in [1.807, 2.05) is 30.3 Å². The first-order valence-corrected chi connectivity index (χ1v) is 7.50. The highest BCUT2D eigenvalue weighted by molar-refractivity contribution is 7.13. The molecule has 0 aliphatic heterocycles. The van der Waals surface area contributed by atoms with Crippen LogP contribution in [0.25, 0.3) is 10.6 Å². The second-order valence-electron chi connectivity index (χ2n) is 5.24. The number of benzene rings is 1. The van der Waals surface area contributed by atoms with Gasteiger partial charge < -0.3 is 10.4 Å². The number of carbonyl (C=O) groups is 1. The molecule has 1 heterocycles. The molecule has 3 rings (SSSR count). The Kier molecular flexibility index (Phi) is 3.54. The molecule has 0 saturated heterocycles. The van der Waals surface area contributed by atoms with E-state index >= 15 is 0 Å². The summed E-state index contributed by atoms with van der Waals surface area (Å²) in [4.78, 5) is 16.4. The van der Waals surface area contributed by atoms with Gasteiger partial charge in [-0.15, -0.1) is 11.3 Å². The number of aliphatic hydroxyl groups excluding tert-OH is 1. The first-order chi connectivity index (χ1) is 9.72. The number of thiazole rings is 1. The molecule has 2 aromatic rings. The van der Waals surface area contributed by atoms with Gasteiger partial charge in [0.1, 0.15) is 10.7 Å². The number of carbonyl (C=O) groups excluding carboxylic acids is 1. The molecule has 0 radical (unpaired) electrons. The predicted molar refractivity (Wildman–Crippen MR) is 78.6 cm³/mol. The molecule has 1 saturated carbocycles. The van der Waals surface area contributed by atoms with Gasteiger partial charge in [0.25, 0.3) is 5.91 Å². The summed E-state index contributed by atoms with van der Waals surface area (Å²) in [6.07, 6.45) is 1.96. The van der Waals surface area contributed by atoms with Gasteiger partial charge in [0.05, 0.1) is 6.61 Å². The van der Waals surface area contributed by atoms with E-state index in [9.17, 15) is 9.90 Å². The van der Waals surface area contributed by atoms with Crippen molar-refractivity contribution in [2.45, 2.75) is 12.8 Å². The van der Waals surface area contributed by atoms with Crippen LogP contribution in [0.2, 0.25) is 0 Å². The molecule has 0 bridgehead atoms. The van der Waals surface area contributed by atoms with Crippen molar-refractivity contribution in [3.8, 4) is 10.6 Å². The molecular formula is C15H16N2O2S. The summed E-state index contributed by atoms with van der Waals surface area (Å²) in [5, 5.41) is 14.7. The molecule has 1 aromatic carbocycles. The number of aliphatic hydroxyl groups is 1. The van der Waals surface area contributed by atoms with Crippen LogP contribution in [0.4, 0.5) is 0 Å². The van der Waals surface area contributed by atoms with Gasteiger partial charge in [-0.2, -0.15) is 0 Å². The van der Waals surface area contributed by atoms with Crippen molar-refractivity contribution in [3.63, 3.8) is 0 Å². The van der Waals surface area contributed by atoms with Crippen molar-refractivity contribution >= 4 is 17.2 Å². The lowest BCUT2D eigenvalue weighted by molar-refractivity contribution is 0.0931. The van der Waals surface area contributed by atoms with Crippen LogP contribution in [-0.2, 0) is 0 Å². The van der Waals surface area contributed by atoms with Crippen LogP contribution < -0.4 is 5.32 Å². The molecule has 0 spiro atoms. The normalized spacial score (nSPS) is 15.8. The average Bonchev–Trinajstić information content (AvgIpc) is 3.12. The second kappa shape index (κ2) is 5.34. The molecule has 1 fully saturated rings. The van der Waals surface area contributed by atoms with Crippen molar-refractivity contribution in [2.75, 3.05) is 13.2 Å². The fourth-order valence-corrected chi connectivity index (χ4v) is 2.82. The Morgan fingerprint density at radius 3 is 2.75 bits per heavy atom. The van der Waals surface area contributed by atoms with Crippen molar-refractivity contribution < 1.29 is 9.90 Å². The van der Waals surface area contributed by atoms with Crippen LogP contribution in [0.3, 0.4) is 0 Å². The summed E-state index contributed by atoms with van der Waals surface area (Å²) in [6, 6.07) is 9.81. The second-order valence-corrected chi connectivity index (χ2v) is 6.10. The summed E-state index contributed by atoms with van der Waals surface area (Å²) in [7, 11) is 0. The van der Waals surface area contributed by atoms with Gasteiger partial charge in [0.2, 0.25) is 0 Å². The number of hydrogen-bond donors (Lipinski definition) is 2. The highest BCUT2D eigenvalue weighted by Gasteiger charge is 2.42. The maximum absolute atomic E-state index is 12.0. The van der Waals surface area contributed by atoms with Crippen LogP contribution in [0, 0.1) is 5.41 Å². The minimum Gasteiger partial charge on any atom is -0.396 e. The third kappa shape index (κ3) is 2.73. The minimum absolute atomic E-state index is 0.0755. The Labute approximate surface area is 121 Å². The van der Waals surface area contributed by atoms with Crippen molar-refractivity contribution in [2.24, 2.45) is 5.41 Å². The molecule has 1 aromatic heterocycles. The molecule has 1 aliphatic carbocycles.